The molecule has 0 saturated carbocycles. The minimum absolute atomic E-state index is 0.0152. The van der Waals surface area contributed by atoms with Gasteiger partial charge in [-0.2, -0.15) is 0 Å². The number of aryl methyl sites for hydroxylation is 2. The van der Waals surface area contributed by atoms with Crippen LogP contribution in [0.25, 0.3) is 0 Å². The van der Waals surface area contributed by atoms with Gasteiger partial charge in [-0.05, 0) is 49.3 Å². The molecule has 0 bridgehead atoms. The smallest absolute Gasteiger partial charge is 0.222 e. The van der Waals surface area contributed by atoms with E-state index in [1.807, 2.05) is 13.8 Å². The molecule has 1 aromatic rings. The number of hydrogen-bond acceptors (Lipinski definition) is 2. The van der Waals surface area contributed by atoms with Crippen LogP contribution in [0.1, 0.15) is 56.3 Å². The SMILES string of the molecule is CN=C(NCCNC(=O)C(C)C)NC(C)c1ccc2c(c1)CCCC2. The van der Waals surface area contributed by atoms with Crippen molar-refractivity contribution in [2.45, 2.75) is 52.5 Å². The summed E-state index contributed by atoms with van der Waals surface area (Å²) in [6, 6.07) is 7.02. The number of aliphatic imine (C=N–C) groups is 1. The highest BCUT2D eigenvalue weighted by molar-refractivity contribution is 5.80. The average molecular weight is 345 g/mol. The van der Waals surface area contributed by atoms with E-state index >= 15 is 0 Å². The van der Waals surface area contributed by atoms with Gasteiger partial charge in [0.15, 0.2) is 5.96 Å². The van der Waals surface area contributed by atoms with E-state index in [0.29, 0.717) is 13.1 Å². The molecule has 0 fully saturated rings. The molecule has 2 rings (SSSR count). The maximum Gasteiger partial charge on any atom is 0.222 e. The lowest BCUT2D eigenvalue weighted by atomic mass is 9.89. The molecule has 138 valence electrons. The Balaban J connectivity index is 1.83. The molecule has 1 aromatic carbocycles. The summed E-state index contributed by atoms with van der Waals surface area (Å²) in [5.74, 6) is 0.845. The summed E-state index contributed by atoms with van der Waals surface area (Å²) in [7, 11) is 1.77. The lowest BCUT2D eigenvalue weighted by Gasteiger charge is -2.21. The summed E-state index contributed by atoms with van der Waals surface area (Å²) in [4.78, 5) is 15.8. The lowest BCUT2D eigenvalue weighted by molar-refractivity contribution is -0.123. The van der Waals surface area contributed by atoms with Gasteiger partial charge in [0, 0.05) is 26.1 Å². The third kappa shape index (κ3) is 5.76. The Morgan fingerprint density at radius 2 is 1.76 bits per heavy atom. The van der Waals surface area contributed by atoms with Crippen LogP contribution in [0.4, 0.5) is 0 Å². The van der Waals surface area contributed by atoms with Gasteiger partial charge in [-0.1, -0.05) is 32.0 Å². The molecular formula is C20H32N4O. The summed E-state index contributed by atoms with van der Waals surface area (Å²) in [6.07, 6.45) is 5.01. The normalized spacial score (nSPS) is 15.5. The van der Waals surface area contributed by atoms with Crippen LogP contribution in [0.5, 0.6) is 0 Å². The van der Waals surface area contributed by atoms with Crippen molar-refractivity contribution in [3.05, 3.63) is 34.9 Å². The number of guanidine groups is 1. The zero-order chi connectivity index (χ0) is 18.2. The van der Waals surface area contributed by atoms with Gasteiger partial charge in [0.1, 0.15) is 0 Å². The number of carbonyl (C=O) groups excluding carboxylic acids is 1. The molecule has 1 aliphatic carbocycles. The van der Waals surface area contributed by atoms with E-state index in [1.165, 1.54) is 42.4 Å². The van der Waals surface area contributed by atoms with Crippen LogP contribution < -0.4 is 16.0 Å². The molecule has 1 atom stereocenters. The first-order valence-corrected chi connectivity index (χ1v) is 9.38. The molecule has 1 aliphatic rings. The second-order valence-electron chi connectivity index (χ2n) is 7.05. The van der Waals surface area contributed by atoms with Crippen molar-refractivity contribution < 1.29 is 4.79 Å². The molecule has 5 nitrogen and oxygen atoms in total. The van der Waals surface area contributed by atoms with Crippen LogP contribution >= 0.6 is 0 Å². The maximum atomic E-state index is 11.6. The second kappa shape index (κ2) is 9.44. The molecule has 25 heavy (non-hydrogen) atoms. The van der Waals surface area contributed by atoms with Gasteiger partial charge in [0.25, 0.3) is 0 Å². The molecule has 1 amide bonds. The van der Waals surface area contributed by atoms with Crippen LogP contribution in [-0.4, -0.2) is 32.0 Å². The molecule has 0 aromatic heterocycles. The predicted molar refractivity (Wildman–Crippen MR) is 104 cm³/mol. The van der Waals surface area contributed by atoms with E-state index < -0.39 is 0 Å². The number of benzene rings is 1. The number of rotatable bonds is 6. The van der Waals surface area contributed by atoms with Crippen LogP contribution in [-0.2, 0) is 17.6 Å². The Morgan fingerprint density at radius 3 is 2.44 bits per heavy atom. The highest BCUT2D eigenvalue weighted by Crippen LogP contribution is 2.24. The summed E-state index contributed by atoms with van der Waals surface area (Å²) in [5, 5.41) is 9.57. The highest BCUT2D eigenvalue weighted by Gasteiger charge is 2.13. The standard InChI is InChI=1S/C20H32N4O/c1-14(2)19(25)22-11-12-23-20(21-4)24-15(3)17-10-9-16-7-5-6-8-18(16)13-17/h9-10,13-15H,5-8,11-12H2,1-4H3,(H,22,25)(H2,21,23,24). The summed E-state index contributed by atoms with van der Waals surface area (Å²) >= 11 is 0. The summed E-state index contributed by atoms with van der Waals surface area (Å²) in [5.41, 5.74) is 4.29. The van der Waals surface area contributed by atoms with Crippen molar-refractivity contribution in [2.24, 2.45) is 10.9 Å². The number of nitrogens with zero attached hydrogens (tertiary/aromatic N) is 1. The molecule has 5 heteroatoms. The minimum atomic E-state index is 0.0152. The van der Waals surface area contributed by atoms with Crippen molar-refractivity contribution in [2.75, 3.05) is 20.1 Å². The van der Waals surface area contributed by atoms with Crippen LogP contribution in [0.15, 0.2) is 23.2 Å². The van der Waals surface area contributed by atoms with Gasteiger partial charge in [-0.25, -0.2) is 0 Å². The number of amides is 1. The van der Waals surface area contributed by atoms with Gasteiger partial charge in [0.05, 0.1) is 6.04 Å². The fraction of sp³-hybridized carbons (Fsp3) is 0.600. The number of nitrogens with one attached hydrogen (secondary N) is 3. The Labute approximate surface area is 151 Å². The lowest BCUT2D eigenvalue weighted by Crippen LogP contribution is -2.42. The first kappa shape index (κ1) is 19.3. The van der Waals surface area contributed by atoms with E-state index in [-0.39, 0.29) is 17.9 Å². The Bertz CT molecular complexity index is 610. The van der Waals surface area contributed by atoms with Crippen molar-refractivity contribution in [1.29, 1.82) is 0 Å². The average Bonchev–Trinajstić information content (AvgIpc) is 2.63. The van der Waals surface area contributed by atoms with Crippen molar-refractivity contribution >= 4 is 11.9 Å². The molecule has 0 saturated heterocycles. The molecule has 0 spiro atoms. The maximum absolute atomic E-state index is 11.6. The molecule has 1 unspecified atom stereocenters. The second-order valence-corrected chi connectivity index (χ2v) is 7.05. The van der Waals surface area contributed by atoms with E-state index in [2.05, 4.69) is 46.1 Å². The zero-order valence-electron chi connectivity index (χ0n) is 16.0. The highest BCUT2D eigenvalue weighted by atomic mass is 16.1. The first-order valence-electron chi connectivity index (χ1n) is 9.38. The van der Waals surface area contributed by atoms with Crippen molar-refractivity contribution in [3.63, 3.8) is 0 Å². The van der Waals surface area contributed by atoms with E-state index in [4.69, 9.17) is 0 Å². The number of fused-ring (bicyclic) bond motifs is 1. The van der Waals surface area contributed by atoms with Crippen molar-refractivity contribution in [1.82, 2.24) is 16.0 Å². The Hall–Kier alpha value is -2.04. The van der Waals surface area contributed by atoms with E-state index in [1.54, 1.807) is 7.05 Å². The topological polar surface area (TPSA) is 65.5 Å². The predicted octanol–water partition coefficient (Wildman–Crippen LogP) is 2.56. The molecule has 0 aliphatic heterocycles. The molecule has 3 N–H and O–H groups in total. The summed E-state index contributed by atoms with van der Waals surface area (Å²) in [6.45, 7) is 7.17. The van der Waals surface area contributed by atoms with E-state index in [0.717, 1.165) is 5.96 Å². The number of hydrogen-bond donors (Lipinski definition) is 3. The van der Waals surface area contributed by atoms with Crippen LogP contribution in [0.2, 0.25) is 0 Å². The van der Waals surface area contributed by atoms with Gasteiger partial charge >= 0.3 is 0 Å². The van der Waals surface area contributed by atoms with Crippen LogP contribution in [0, 0.1) is 5.92 Å². The third-order valence-corrected chi connectivity index (χ3v) is 4.69. The summed E-state index contributed by atoms with van der Waals surface area (Å²) < 4.78 is 0. The van der Waals surface area contributed by atoms with E-state index in [9.17, 15) is 4.79 Å². The van der Waals surface area contributed by atoms with Gasteiger partial charge < -0.3 is 16.0 Å². The number of carbonyl (C=O) groups is 1. The van der Waals surface area contributed by atoms with Gasteiger partial charge in [0.2, 0.25) is 5.91 Å². The van der Waals surface area contributed by atoms with Crippen molar-refractivity contribution in [3.8, 4) is 0 Å². The quantitative estimate of drug-likeness (QED) is 0.422. The Morgan fingerprint density at radius 1 is 1.08 bits per heavy atom. The minimum Gasteiger partial charge on any atom is -0.355 e. The Kier molecular flexibility index (Phi) is 7.29. The fourth-order valence-electron chi connectivity index (χ4n) is 3.08. The molecule has 0 heterocycles. The fourth-order valence-corrected chi connectivity index (χ4v) is 3.08. The van der Waals surface area contributed by atoms with Gasteiger partial charge in [-0.3, -0.25) is 9.79 Å². The third-order valence-electron chi connectivity index (χ3n) is 4.69. The molecular weight excluding hydrogens is 312 g/mol. The largest absolute Gasteiger partial charge is 0.355 e. The zero-order valence-corrected chi connectivity index (χ0v) is 16.0. The monoisotopic (exact) mass is 344 g/mol. The molecule has 0 radical (unpaired) electrons. The van der Waals surface area contributed by atoms with Crippen LogP contribution in [0.3, 0.4) is 0 Å². The van der Waals surface area contributed by atoms with Gasteiger partial charge in [-0.15, -0.1) is 0 Å². The first-order chi connectivity index (χ1) is 12.0.